The molecule has 0 aromatic carbocycles. The molecular formula is C6H5N3O. The molecule has 0 amide bonds. The normalized spacial score (nSPS) is 14.6. The van der Waals surface area contributed by atoms with E-state index < -0.39 is 11.7 Å². The molecule has 2 rings (SSSR count). The minimum absolute atomic E-state index is 0.111. The highest BCUT2D eigenvalue weighted by Gasteiger charge is 1.92. The first-order valence-corrected chi connectivity index (χ1v) is 2.65. The SMILES string of the molecule is [2H]c1[nH]c2[nH]c(=O)c([2H])nc2c1[2H]. The number of nitrogens with zero attached hydrogens (tertiary/aromatic N) is 1. The minimum Gasteiger partial charge on any atom is -0.346 e. The molecule has 50 valence electrons. The summed E-state index contributed by atoms with van der Waals surface area (Å²) in [6.07, 6.45) is -0.566. The third-order valence-electron chi connectivity index (χ3n) is 1.11. The Kier molecular flexibility index (Phi) is 0.510. The smallest absolute Gasteiger partial charge is 0.267 e. The van der Waals surface area contributed by atoms with Crippen LogP contribution >= 0.6 is 0 Å². The molecule has 0 aliphatic carbocycles. The monoisotopic (exact) mass is 138 g/mol. The van der Waals surface area contributed by atoms with Gasteiger partial charge >= 0.3 is 0 Å². The van der Waals surface area contributed by atoms with Gasteiger partial charge in [-0.05, 0) is 6.04 Å². The van der Waals surface area contributed by atoms with Gasteiger partial charge in [0.25, 0.3) is 5.56 Å². The molecule has 10 heavy (non-hydrogen) atoms. The number of rotatable bonds is 0. The molecule has 2 N–H and O–H groups in total. The summed E-state index contributed by atoms with van der Waals surface area (Å²) >= 11 is 0. The zero-order valence-electron chi connectivity index (χ0n) is 7.86. The van der Waals surface area contributed by atoms with Gasteiger partial charge in [0.2, 0.25) is 0 Å². The summed E-state index contributed by atoms with van der Waals surface area (Å²) in [6.45, 7) is 0. The maximum Gasteiger partial charge on any atom is 0.267 e. The van der Waals surface area contributed by atoms with E-state index in [0.717, 1.165) is 0 Å². The van der Waals surface area contributed by atoms with Crippen LogP contribution in [0.25, 0.3) is 11.2 Å². The van der Waals surface area contributed by atoms with Crippen LogP contribution < -0.4 is 5.56 Å². The van der Waals surface area contributed by atoms with Crippen molar-refractivity contribution in [2.24, 2.45) is 0 Å². The summed E-state index contributed by atoms with van der Waals surface area (Å²) in [7, 11) is 0. The quantitative estimate of drug-likeness (QED) is 0.548. The highest BCUT2D eigenvalue weighted by molar-refractivity contribution is 5.69. The van der Waals surface area contributed by atoms with E-state index in [1.807, 2.05) is 0 Å². The van der Waals surface area contributed by atoms with Gasteiger partial charge in [-0.15, -0.1) is 0 Å². The minimum atomic E-state index is -0.631. The van der Waals surface area contributed by atoms with Crippen molar-refractivity contribution in [3.05, 3.63) is 28.7 Å². The van der Waals surface area contributed by atoms with Crippen LogP contribution in [0.4, 0.5) is 0 Å². The summed E-state index contributed by atoms with van der Waals surface area (Å²) in [5.41, 5.74) is -0.264. The number of nitrogens with one attached hydrogen (secondary N) is 2. The van der Waals surface area contributed by atoms with Crippen LogP contribution in [-0.4, -0.2) is 15.0 Å². The first-order chi connectivity index (χ1) is 6.09. The third-order valence-corrected chi connectivity index (χ3v) is 1.11. The first-order valence-electron chi connectivity index (χ1n) is 4.15. The summed E-state index contributed by atoms with van der Waals surface area (Å²) in [4.78, 5) is 19.3. The van der Waals surface area contributed by atoms with Crippen molar-refractivity contribution in [1.82, 2.24) is 15.0 Å². The fourth-order valence-electron chi connectivity index (χ4n) is 0.697. The fraction of sp³-hybridized carbons (Fsp3) is 0. The Labute approximate surface area is 60.1 Å². The molecule has 0 aliphatic heterocycles. The molecule has 0 fully saturated rings. The maximum atomic E-state index is 10.9. The first kappa shape index (κ1) is 3.01. The lowest BCUT2D eigenvalue weighted by molar-refractivity contribution is 1.19. The van der Waals surface area contributed by atoms with Crippen LogP contribution in [0.1, 0.15) is 4.11 Å². The van der Waals surface area contributed by atoms with Crippen molar-refractivity contribution >= 4 is 11.2 Å². The number of hydrogen-bond donors (Lipinski definition) is 2. The van der Waals surface area contributed by atoms with Crippen molar-refractivity contribution in [1.29, 1.82) is 0 Å². The van der Waals surface area contributed by atoms with E-state index in [1.54, 1.807) is 0 Å². The van der Waals surface area contributed by atoms with E-state index in [-0.39, 0.29) is 23.4 Å². The molecule has 0 aliphatic rings. The van der Waals surface area contributed by atoms with Crippen molar-refractivity contribution in [3.63, 3.8) is 0 Å². The van der Waals surface area contributed by atoms with Gasteiger partial charge in [0, 0.05) is 6.17 Å². The number of H-pyrrole nitrogens is 2. The summed E-state index contributed by atoms with van der Waals surface area (Å²) in [5.74, 6) is 0. The molecule has 2 aromatic rings. The molecule has 0 saturated carbocycles. The Balaban J connectivity index is 2.97. The predicted octanol–water partition coefficient (Wildman–Crippen LogP) is 0.251. The molecule has 0 unspecified atom stereocenters. The van der Waals surface area contributed by atoms with Gasteiger partial charge in [0.1, 0.15) is 11.2 Å². The number of hydrogen-bond acceptors (Lipinski definition) is 2. The van der Waals surface area contributed by atoms with Crippen LogP contribution in [0.3, 0.4) is 0 Å². The zero-order chi connectivity index (χ0) is 9.59. The molecule has 0 saturated heterocycles. The predicted molar refractivity (Wildman–Crippen MR) is 36.7 cm³/mol. The van der Waals surface area contributed by atoms with Crippen LogP contribution in [-0.2, 0) is 0 Å². The van der Waals surface area contributed by atoms with Crippen molar-refractivity contribution in [2.75, 3.05) is 0 Å². The second-order valence-corrected chi connectivity index (χ2v) is 1.78. The molecule has 4 heteroatoms. The number of aromatic nitrogens is 3. The second-order valence-electron chi connectivity index (χ2n) is 1.78. The molecular weight excluding hydrogens is 130 g/mol. The molecule has 4 nitrogen and oxygen atoms in total. The van der Waals surface area contributed by atoms with Crippen molar-refractivity contribution < 1.29 is 4.11 Å². The van der Waals surface area contributed by atoms with Crippen molar-refractivity contribution in [3.8, 4) is 0 Å². The highest BCUT2D eigenvalue weighted by Crippen LogP contribution is 1.99. The van der Waals surface area contributed by atoms with Crippen LogP contribution in [0.15, 0.2) is 23.2 Å². The van der Waals surface area contributed by atoms with E-state index in [4.69, 9.17) is 4.11 Å². The molecule has 0 radical (unpaired) electrons. The van der Waals surface area contributed by atoms with Crippen LogP contribution in [0.5, 0.6) is 0 Å². The standard InChI is InChI=1S/C6H5N3O/c10-5-3-8-4-1-2-7-6(4)9-5/h1-3H,(H2,7,9,10)/i1D,2D,3D. The average molecular weight is 138 g/mol. The molecule has 2 heterocycles. The zero-order valence-corrected chi connectivity index (χ0v) is 4.86. The molecule has 0 spiro atoms. The van der Waals surface area contributed by atoms with Crippen LogP contribution in [0, 0.1) is 0 Å². The van der Waals surface area contributed by atoms with E-state index in [0.29, 0.717) is 0 Å². The van der Waals surface area contributed by atoms with Crippen LogP contribution in [0.2, 0.25) is 0 Å². The number of aromatic amines is 2. The summed E-state index contributed by atoms with van der Waals surface area (Å²) < 4.78 is 21.7. The van der Waals surface area contributed by atoms with Gasteiger partial charge in [-0.3, -0.25) is 4.79 Å². The Hall–Kier alpha value is -1.58. The molecule has 0 atom stereocenters. The van der Waals surface area contributed by atoms with Gasteiger partial charge in [-0.25, -0.2) is 4.98 Å². The highest BCUT2D eigenvalue weighted by atomic mass is 16.1. The Morgan fingerprint density at radius 3 is 3.50 bits per heavy atom. The largest absolute Gasteiger partial charge is 0.346 e. The summed E-state index contributed by atoms with van der Waals surface area (Å²) in [5, 5.41) is 0. The van der Waals surface area contributed by atoms with Crippen molar-refractivity contribution in [2.45, 2.75) is 0 Å². The molecule has 0 bridgehead atoms. The fourth-order valence-corrected chi connectivity index (χ4v) is 0.697. The Morgan fingerprint density at radius 1 is 1.70 bits per heavy atom. The maximum absolute atomic E-state index is 10.9. The average Bonchev–Trinajstić information content (AvgIpc) is 2.32. The van der Waals surface area contributed by atoms with Gasteiger partial charge in [-0.1, -0.05) is 0 Å². The van der Waals surface area contributed by atoms with Gasteiger partial charge in [0.05, 0.1) is 10.3 Å². The van der Waals surface area contributed by atoms with Gasteiger partial charge in [-0.2, -0.15) is 0 Å². The Bertz CT molecular complexity index is 530. The third kappa shape index (κ3) is 0.621. The van der Waals surface area contributed by atoms with E-state index in [1.165, 1.54) is 0 Å². The molecule has 2 aromatic heterocycles. The van der Waals surface area contributed by atoms with E-state index in [2.05, 4.69) is 15.0 Å². The van der Waals surface area contributed by atoms with E-state index >= 15 is 0 Å². The topological polar surface area (TPSA) is 61.5 Å². The van der Waals surface area contributed by atoms with Gasteiger partial charge < -0.3 is 9.97 Å². The second kappa shape index (κ2) is 1.70. The lowest BCUT2D eigenvalue weighted by atomic mass is 10.5. The van der Waals surface area contributed by atoms with E-state index in [9.17, 15) is 4.79 Å². The number of fused-ring (bicyclic) bond motifs is 1. The lowest BCUT2D eigenvalue weighted by Gasteiger charge is -1.84. The summed E-state index contributed by atoms with van der Waals surface area (Å²) in [6, 6.07) is -0.111. The Morgan fingerprint density at radius 2 is 2.60 bits per heavy atom. The lowest BCUT2D eigenvalue weighted by Crippen LogP contribution is -2.03. The van der Waals surface area contributed by atoms with Gasteiger partial charge in [0.15, 0.2) is 0 Å².